The number of ether oxygens (including phenoxy) is 1. The third-order valence-corrected chi connectivity index (χ3v) is 2.65. The van der Waals surface area contributed by atoms with Gasteiger partial charge in [-0.1, -0.05) is 12.1 Å². The van der Waals surface area contributed by atoms with Crippen molar-refractivity contribution in [3.05, 3.63) is 53.9 Å². The van der Waals surface area contributed by atoms with Crippen LogP contribution < -0.4 is 10.1 Å². The van der Waals surface area contributed by atoms with Gasteiger partial charge in [-0.3, -0.25) is 4.98 Å². The van der Waals surface area contributed by atoms with Crippen LogP contribution in [0.15, 0.2) is 42.6 Å². The molecule has 0 bridgehead atoms. The zero-order valence-electron chi connectivity index (χ0n) is 10.1. The summed E-state index contributed by atoms with van der Waals surface area (Å²) in [5.74, 6) is 0.854. The lowest BCUT2D eigenvalue weighted by Crippen LogP contribution is -2.03. The Morgan fingerprint density at radius 3 is 2.88 bits per heavy atom. The molecule has 88 valence electrons. The number of aryl methyl sites for hydroxylation is 1. The first kappa shape index (κ1) is 11.5. The van der Waals surface area contributed by atoms with Crippen molar-refractivity contribution < 1.29 is 4.74 Å². The van der Waals surface area contributed by atoms with E-state index in [0.29, 0.717) is 0 Å². The fourth-order valence-electron chi connectivity index (χ4n) is 1.62. The molecule has 0 radical (unpaired) electrons. The molecule has 0 spiro atoms. The normalized spacial score (nSPS) is 10.0. The molecule has 1 heterocycles. The van der Waals surface area contributed by atoms with Gasteiger partial charge in [0.2, 0.25) is 0 Å². The average Bonchev–Trinajstić information content (AvgIpc) is 2.38. The number of nitrogens with zero attached hydrogens (tertiary/aromatic N) is 1. The van der Waals surface area contributed by atoms with Gasteiger partial charge in [-0.2, -0.15) is 0 Å². The van der Waals surface area contributed by atoms with Crippen LogP contribution in [0.2, 0.25) is 0 Å². The molecule has 3 heteroatoms. The van der Waals surface area contributed by atoms with E-state index in [9.17, 15) is 0 Å². The van der Waals surface area contributed by atoms with Crippen molar-refractivity contribution in [2.45, 2.75) is 13.5 Å². The van der Waals surface area contributed by atoms with Gasteiger partial charge in [-0.05, 0) is 30.7 Å². The lowest BCUT2D eigenvalue weighted by Gasteiger charge is -2.09. The summed E-state index contributed by atoms with van der Waals surface area (Å²) in [5, 5.41) is 3.33. The SMILES string of the molecule is COc1cccc(NCc2ncccc2C)c1. The molecule has 0 aliphatic heterocycles. The van der Waals surface area contributed by atoms with Crippen LogP contribution in [0.5, 0.6) is 5.75 Å². The minimum absolute atomic E-state index is 0.722. The van der Waals surface area contributed by atoms with E-state index in [1.807, 2.05) is 36.5 Å². The standard InChI is InChI=1S/C14H16N2O/c1-11-5-4-8-15-14(11)10-16-12-6-3-7-13(9-12)17-2/h3-9,16H,10H2,1-2H3. The maximum absolute atomic E-state index is 5.17. The van der Waals surface area contributed by atoms with Gasteiger partial charge < -0.3 is 10.1 Å². The molecule has 0 saturated heterocycles. The lowest BCUT2D eigenvalue weighted by molar-refractivity contribution is 0.415. The summed E-state index contributed by atoms with van der Waals surface area (Å²) in [4.78, 5) is 4.34. The molecule has 3 nitrogen and oxygen atoms in total. The Morgan fingerprint density at radius 2 is 2.12 bits per heavy atom. The molecule has 0 aliphatic carbocycles. The van der Waals surface area contributed by atoms with Crippen LogP contribution in [0.1, 0.15) is 11.3 Å². The molecule has 1 aromatic heterocycles. The first-order valence-electron chi connectivity index (χ1n) is 5.58. The molecule has 2 rings (SSSR count). The minimum Gasteiger partial charge on any atom is -0.497 e. The Hall–Kier alpha value is -2.03. The van der Waals surface area contributed by atoms with Gasteiger partial charge in [-0.25, -0.2) is 0 Å². The molecule has 2 aromatic rings. The predicted molar refractivity (Wildman–Crippen MR) is 69.3 cm³/mol. The second-order valence-corrected chi connectivity index (χ2v) is 3.85. The molecule has 0 fully saturated rings. The molecule has 0 saturated carbocycles. The van der Waals surface area contributed by atoms with E-state index in [1.54, 1.807) is 7.11 Å². The summed E-state index contributed by atoms with van der Waals surface area (Å²) in [6.07, 6.45) is 1.82. The Balaban J connectivity index is 2.05. The van der Waals surface area contributed by atoms with Crippen LogP contribution in [0.25, 0.3) is 0 Å². The highest BCUT2D eigenvalue weighted by Gasteiger charge is 1.99. The number of hydrogen-bond acceptors (Lipinski definition) is 3. The van der Waals surface area contributed by atoms with Gasteiger partial charge in [0.05, 0.1) is 19.3 Å². The average molecular weight is 228 g/mol. The van der Waals surface area contributed by atoms with Crippen molar-refractivity contribution in [3.63, 3.8) is 0 Å². The number of benzene rings is 1. The fourth-order valence-corrected chi connectivity index (χ4v) is 1.62. The fraction of sp³-hybridized carbons (Fsp3) is 0.214. The summed E-state index contributed by atoms with van der Waals surface area (Å²) in [6, 6.07) is 11.9. The van der Waals surface area contributed by atoms with Crippen LogP contribution in [0.4, 0.5) is 5.69 Å². The third-order valence-electron chi connectivity index (χ3n) is 2.65. The predicted octanol–water partition coefficient (Wildman–Crippen LogP) is 3.01. The third kappa shape index (κ3) is 2.97. The topological polar surface area (TPSA) is 34.1 Å². The zero-order chi connectivity index (χ0) is 12.1. The quantitative estimate of drug-likeness (QED) is 0.873. The van der Waals surface area contributed by atoms with Crippen LogP contribution >= 0.6 is 0 Å². The van der Waals surface area contributed by atoms with Crippen LogP contribution in [-0.2, 0) is 6.54 Å². The van der Waals surface area contributed by atoms with E-state index >= 15 is 0 Å². The molecule has 0 amide bonds. The van der Waals surface area contributed by atoms with Crippen LogP contribution in [0.3, 0.4) is 0 Å². The number of methoxy groups -OCH3 is 1. The van der Waals surface area contributed by atoms with Gasteiger partial charge in [0, 0.05) is 18.0 Å². The number of rotatable bonds is 4. The minimum atomic E-state index is 0.722. The van der Waals surface area contributed by atoms with Crippen molar-refractivity contribution in [2.75, 3.05) is 12.4 Å². The van der Waals surface area contributed by atoms with Gasteiger partial charge in [0.1, 0.15) is 5.75 Å². The number of nitrogens with one attached hydrogen (secondary N) is 1. The van der Waals surface area contributed by atoms with Crippen molar-refractivity contribution >= 4 is 5.69 Å². The molecule has 17 heavy (non-hydrogen) atoms. The van der Waals surface area contributed by atoms with Crippen molar-refractivity contribution in [1.29, 1.82) is 0 Å². The summed E-state index contributed by atoms with van der Waals surface area (Å²) in [6.45, 7) is 2.79. The molecule has 1 N–H and O–H groups in total. The Labute approximate surface area is 101 Å². The number of hydrogen-bond donors (Lipinski definition) is 1. The zero-order valence-corrected chi connectivity index (χ0v) is 10.1. The van der Waals surface area contributed by atoms with Gasteiger partial charge in [0.25, 0.3) is 0 Å². The first-order chi connectivity index (χ1) is 8.29. The van der Waals surface area contributed by atoms with E-state index in [4.69, 9.17) is 4.74 Å². The van der Waals surface area contributed by atoms with E-state index in [1.165, 1.54) is 5.56 Å². The Kier molecular flexibility index (Phi) is 3.60. The highest BCUT2D eigenvalue weighted by Crippen LogP contribution is 2.17. The smallest absolute Gasteiger partial charge is 0.120 e. The molecular weight excluding hydrogens is 212 g/mol. The van der Waals surface area contributed by atoms with Crippen LogP contribution in [0, 0.1) is 6.92 Å². The maximum atomic E-state index is 5.17. The summed E-state index contributed by atoms with van der Waals surface area (Å²) < 4.78 is 5.17. The van der Waals surface area contributed by atoms with Gasteiger partial charge in [0.15, 0.2) is 0 Å². The Bertz CT molecular complexity index is 497. The molecular formula is C14H16N2O. The summed E-state index contributed by atoms with van der Waals surface area (Å²) in [5.41, 5.74) is 3.30. The number of aromatic nitrogens is 1. The lowest BCUT2D eigenvalue weighted by atomic mass is 10.2. The molecule has 1 aromatic carbocycles. The van der Waals surface area contributed by atoms with Crippen molar-refractivity contribution in [3.8, 4) is 5.75 Å². The highest BCUT2D eigenvalue weighted by atomic mass is 16.5. The van der Waals surface area contributed by atoms with E-state index in [-0.39, 0.29) is 0 Å². The molecule has 0 atom stereocenters. The van der Waals surface area contributed by atoms with E-state index < -0.39 is 0 Å². The van der Waals surface area contributed by atoms with E-state index in [0.717, 1.165) is 23.7 Å². The van der Waals surface area contributed by atoms with Crippen molar-refractivity contribution in [1.82, 2.24) is 4.98 Å². The second kappa shape index (κ2) is 5.34. The maximum Gasteiger partial charge on any atom is 0.120 e. The largest absolute Gasteiger partial charge is 0.497 e. The first-order valence-corrected chi connectivity index (χ1v) is 5.58. The van der Waals surface area contributed by atoms with E-state index in [2.05, 4.69) is 23.3 Å². The summed E-state index contributed by atoms with van der Waals surface area (Å²) >= 11 is 0. The highest BCUT2D eigenvalue weighted by molar-refractivity contribution is 5.48. The molecule has 0 aliphatic rings. The number of anilines is 1. The van der Waals surface area contributed by atoms with Gasteiger partial charge in [-0.15, -0.1) is 0 Å². The van der Waals surface area contributed by atoms with Crippen LogP contribution in [-0.4, -0.2) is 12.1 Å². The number of pyridine rings is 1. The van der Waals surface area contributed by atoms with Gasteiger partial charge >= 0.3 is 0 Å². The monoisotopic (exact) mass is 228 g/mol. The second-order valence-electron chi connectivity index (χ2n) is 3.85. The van der Waals surface area contributed by atoms with Crippen molar-refractivity contribution in [2.24, 2.45) is 0 Å². The summed E-state index contributed by atoms with van der Waals surface area (Å²) in [7, 11) is 1.67. The molecule has 0 unspecified atom stereocenters. The Morgan fingerprint density at radius 1 is 1.24 bits per heavy atom.